The lowest BCUT2D eigenvalue weighted by Crippen LogP contribution is -2.18. The lowest BCUT2D eigenvalue weighted by Gasteiger charge is -2.25. The molecule has 4 rings (SSSR count). The lowest BCUT2D eigenvalue weighted by molar-refractivity contribution is -0.137. The van der Waals surface area contributed by atoms with E-state index in [9.17, 15) is 18.5 Å². The first-order valence-electron chi connectivity index (χ1n) is 9.80. The van der Waals surface area contributed by atoms with E-state index in [0.717, 1.165) is 52.5 Å². The van der Waals surface area contributed by atoms with Gasteiger partial charge in [-0.2, -0.15) is 0 Å². The van der Waals surface area contributed by atoms with Crippen molar-refractivity contribution in [3.63, 3.8) is 0 Å². The highest BCUT2D eigenvalue weighted by Crippen LogP contribution is 2.42. The Balaban J connectivity index is 2.00. The fraction of sp³-hybridized carbons (Fsp3) is 0.348. The zero-order valence-corrected chi connectivity index (χ0v) is 17.4. The summed E-state index contributed by atoms with van der Waals surface area (Å²) in [5, 5.41) is 10.2. The number of rotatable bonds is 5. The van der Waals surface area contributed by atoms with Gasteiger partial charge in [0.25, 0.3) is 0 Å². The minimum Gasteiger partial charge on any atom is -0.481 e. The maximum atomic E-state index is 14.4. The van der Waals surface area contributed by atoms with Crippen LogP contribution in [0, 0.1) is 12.7 Å². The van der Waals surface area contributed by atoms with Crippen molar-refractivity contribution in [2.24, 2.45) is 0 Å². The number of aromatic nitrogens is 1. The molecule has 1 aliphatic rings. The van der Waals surface area contributed by atoms with Crippen LogP contribution in [-0.4, -0.2) is 26.1 Å². The van der Waals surface area contributed by atoms with Crippen molar-refractivity contribution in [3.8, 4) is 0 Å². The molecule has 0 saturated heterocycles. The quantitative estimate of drug-likeness (QED) is 0.656. The minimum atomic E-state index is -1.36. The molecular weight excluding hydrogens is 389 g/mol. The smallest absolute Gasteiger partial charge is 0.304 e. The van der Waals surface area contributed by atoms with Crippen molar-refractivity contribution >= 4 is 27.7 Å². The van der Waals surface area contributed by atoms with Crippen LogP contribution in [0.1, 0.15) is 47.6 Å². The number of aryl methyl sites for hydroxylation is 2. The third kappa shape index (κ3) is 3.73. The third-order valence-corrected chi connectivity index (χ3v) is 6.72. The van der Waals surface area contributed by atoms with Crippen LogP contribution in [-0.2, 0) is 28.6 Å². The third-order valence-electron chi connectivity index (χ3n) is 5.79. The van der Waals surface area contributed by atoms with Gasteiger partial charge in [0.1, 0.15) is 5.82 Å². The summed E-state index contributed by atoms with van der Waals surface area (Å²) in [6, 6.07) is 11.0. The van der Waals surface area contributed by atoms with Gasteiger partial charge in [-0.15, -0.1) is 0 Å². The van der Waals surface area contributed by atoms with Gasteiger partial charge >= 0.3 is 5.97 Å². The molecular formula is C23H24FNO3S. The molecule has 0 radical (unpaired) electrons. The number of carboxylic acids is 1. The van der Waals surface area contributed by atoms with Gasteiger partial charge in [0.2, 0.25) is 0 Å². The number of carboxylic acid groups (broad SMARTS) is 1. The second-order valence-electron chi connectivity index (χ2n) is 7.88. The van der Waals surface area contributed by atoms with Crippen molar-refractivity contribution in [1.82, 2.24) is 4.57 Å². The number of fused-ring (bicyclic) bond motifs is 3. The molecule has 1 heterocycles. The highest BCUT2D eigenvalue weighted by atomic mass is 32.2. The van der Waals surface area contributed by atoms with Crippen LogP contribution in [0.5, 0.6) is 0 Å². The van der Waals surface area contributed by atoms with E-state index in [1.165, 1.54) is 12.1 Å². The molecule has 2 unspecified atom stereocenters. The van der Waals surface area contributed by atoms with E-state index in [2.05, 4.69) is 16.7 Å². The molecule has 0 bridgehead atoms. The van der Waals surface area contributed by atoms with Gasteiger partial charge in [0.15, 0.2) is 0 Å². The molecule has 1 aliphatic carbocycles. The fourth-order valence-electron chi connectivity index (χ4n) is 4.56. The molecule has 2 atom stereocenters. The zero-order valence-electron chi connectivity index (χ0n) is 16.6. The second kappa shape index (κ2) is 7.75. The van der Waals surface area contributed by atoms with E-state index >= 15 is 0 Å². The largest absolute Gasteiger partial charge is 0.481 e. The van der Waals surface area contributed by atoms with E-state index in [0.29, 0.717) is 11.4 Å². The molecule has 0 aliphatic heterocycles. The Morgan fingerprint density at radius 2 is 2.00 bits per heavy atom. The van der Waals surface area contributed by atoms with Gasteiger partial charge < -0.3 is 9.67 Å². The SMILES string of the molecule is Cc1ccc(Cn2c3c(c4cc(F)cc(S(C)=O)c42)CCCC3CC(=O)O)cc1. The van der Waals surface area contributed by atoms with Crippen LogP contribution in [0.25, 0.3) is 10.9 Å². The van der Waals surface area contributed by atoms with Crippen LogP contribution >= 0.6 is 0 Å². The molecule has 0 amide bonds. The number of nitrogens with zero attached hydrogens (tertiary/aromatic N) is 1. The molecule has 1 aromatic heterocycles. The van der Waals surface area contributed by atoms with Gasteiger partial charge in [-0.1, -0.05) is 29.8 Å². The van der Waals surface area contributed by atoms with Gasteiger partial charge in [0, 0.05) is 29.8 Å². The van der Waals surface area contributed by atoms with Crippen LogP contribution in [0.15, 0.2) is 41.3 Å². The monoisotopic (exact) mass is 413 g/mol. The van der Waals surface area contributed by atoms with E-state index in [1.54, 1.807) is 6.26 Å². The van der Waals surface area contributed by atoms with E-state index in [-0.39, 0.29) is 12.3 Å². The molecule has 3 aromatic rings. The minimum absolute atomic E-state index is 0.0459. The summed E-state index contributed by atoms with van der Waals surface area (Å²) in [6.45, 7) is 2.57. The van der Waals surface area contributed by atoms with Crippen LogP contribution in [0.2, 0.25) is 0 Å². The van der Waals surface area contributed by atoms with E-state index in [1.807, 2.05) is 19.1 Å². The maximum Gasteiger partial charge on any atom is 0.304 e. The van der Waals surface area contributed by atoms with Crippen molar-refractivity contribution in [2.75, 3.05) is 6.26 Å². The highest BCUT2D eigenvalue weighted by Gasteiger charge is 2.31. The van der Waals surface area contributed by atoms with Gasteiger partial charge in [-0.3, -0.25) is 9.00 Å². The maximum absolute atomic E-state index is 14.4. The number of halogens is 1. The first kappa shape index (κ1) is 19.8. The first-order valence-corrected chi connectivity index (χ1v) is 11.4. The number of carbonyl (C=O) groups is 1. The number of benzene rings is 2. The summed E-state index contributed by atoms with van der Waals surface area (Å²) in [5.41, 5.74) is 4.99. The Morgan fingerprint density at radius 1 is 1.28 bits per heavy atom. The Bertz CT molecular complexity index is 1120. The van der Waals surface area contributed by atoms with E-state index < -0.39 is 22.6 Å². The average Bonchev–Trinajstić information content (AvgIpc) is 2.97. The fourth-order valence-corrected chi connectivity index (χ4v) is 5.34. The molecule has 4 nitrogen and oxygen atoms in total. The highest BCUT2D eigenvalue weighted by molar-refractivity contribution is 7.84. The molecule has 29 heavy (non-hydrogen) atoms. The predicted molar refractivity (Wildman–Crippen MR) is 112 cm³/mol. The number of hydrogen-bond acceptors (Lipinski definition) is 2. The molecule has 2 aromatic carbocycles. The second-order valence-corrected chi connectivity index (χ2v) is 9.22. The summed E-state index contributed by atoms with van der Waals surface area (Å²) in [6.07, 6.45) is 4.05. The topological polar surface area (TPSA) is 59.3 Å². The molecule has 0 spiro atoms. The molecule has 1 N–H and O–H groups in total. The van der Waals surface area contributed by atoms with Gasteiger partial charge in [0.05, 0.1) is 27.6 Å². The Hall–Kier alpha value is -2.47. The van der Waals surface area contributed by atoms with E-state index in [4.69, 9.17) is 0 Å². The first-order chi connectivity index (χ1) is 13.8. The Kier molecular flexibility index (Phi) is 5.30. The standard InChI is InChI=1S/C23H24FNO3S/c1-14-6-8-15(9-7-14)13-25-22-16(10-21(26)27)4-3-5-18(22)19-11-17(24)12-20(23(19)25)29(2)28/h6-9,11-12,16H,3-5,10,13H2,1-2H3,(H,26,27). The van der Waals surface area contributed by atoms with Crippen molar-refractivity contribution < 1.29 is 18.5 Å². The van der Waals surface area contributed by atoms with Crippen molar-refractivity contribution in [2.45, 2.75) is 50.0 Å². The summed E-state index contributed by atoms with van der Waals surface area (Å²) in [4.78, 5) is 12.0. The average molecular weight is 414 g/mol. The summed E-state index contributed by atoms with van der Waals surface area (Å²) in [7, 11) is -1.36. The van der Waals surface area contributed by atoms with Crippen LogP contribution in [0.3, 0.4) is 0 Å². The van der Waals surface area contributed by atoms with Crippen molar-refractivity contribution in [3.05, 3.63) is 64.6 Å². The van der Waals surface area contributed by atoms with Crippen LogP contribution in [0.4, 0.5) is 4.39 Å². The molecule has 6 heteroatoms. The Labute approximate surface area is 171 Å². The van der Waals surface area contributed by atoms with Gasteiger partial charge in [-0.25, -0.2) is 4.39 Å². The summed E-state index contributed by atoms with van der Waals surface area (Å²) in [5.74, 6) is -1.37. The number of hydrogen-bond donors (Lipinski definition) is 1. The summed E-state index contributed by atoms with van der Waals surface area (Å²) >= 11 is 0. The molecule has 0 saturated carbocycles. The molecule has 0 fully saturated rings. The van der Waals surface area contributed by atoms with Crippen molar-refractivity contribution in [1.29, 1.82) is 0 Å². The molecule has 152 valence electrons. The Morgan fingerprint density at radius 3 is 2.66 bits per heavy atom. The summed E-state index contributed by atoms with van der Waals surface area (Å²) < 4.78 is 28.9. The predicted octanol–water partition coefficient (Wildman–Crippen LogP) is 4.77. The zero-order chi connectivity index (χ0) is 20.7. The lowest BCUT2D eigenvalue weighted by atomic mass is 9.84. The van der Waals surface area contributed by atoms with Crippen LogP contribution < -0.4 is 0 Å². The van der Waals surface area contributed by atoms with Gasteiger partial charge in [-0.05, 0) is 49.4 Å². The number of aliphatic carboxylic acids is 1. The normalized spacial score (nSPS) is 17.3.